The first kappa shape index (κ1) is 13.7. The maximum absolute atomic E-state index is 5.70. The minimum Gasteiger partial charge on any atom is -0.472 e. The fraction of sp³-hybridized carbons (Fsp3) is 0.636. The van der Waals surface area contributed by atoms with Gasteiger partial charge in [-0.15, -0.1) is 0 Å². The van der Waals surface area contributed by atoms with Crippen molar-refractivity contribution in [1.82, 2.24) is 9.97 Å². The van der Waals surface area contributed by atoms with E-state index in [2.05, 4.69) is 15.4 Å². The summed E-state index contributed by atoms with van der Waals surface area (Å²) in [4.78, 5) is 8.60. The van der Waals surface area contributed by atoms with Crippen molar-refractivity contribution in [3.8, 4) is 5.88 Å². The molecule has 0 aliphatic carbocycles. The van der Waals surface area contributed by atoms with Crippen LogP contribution in [0.25, 0.3) is 0 Å². The van der Waals surface area contributed by atoms with Crippen molar-refractivity contribution in [2.45, 2.75) is 33.3 Å². The summed E-state index contributed by atoms with van der Waals surface area (Å²) in [7, 11) is 1.64. The zero-order valence-electron chi connectivity index (χ0n) is 10.8. The van der Waals surface area contributed by atoms with Gasteiger partial charge in [-0.25, -0.2) is 10.8 Å². The highest BCUT2D eigenvalue weighted by Crippen LogP contribution is 2.22. The first-order chi connectivity index (χ1) is 8.12. The molecule has 1 aromatic rings. The molecular formula is C11H20N4O2. The van der Waals surface area contributed by atoms with Gasteiger partial charge >= 0.3 is 0 Å². The summed E-state index contributed by atoms with van der Waals surface area (Å²) in [6.07, 6.45) is 0.660. The van der Waals surface area contributed by atoms with Crippen LogP contribution in [0.2, 0.25) is 0 Å². The van der Waals surface area contributed by atoms with Gasteiger partial charge in [-0.3, -0.25) is 0 Å². The number of hydrazine groups is 1. The number of aromatic nitrogens is 2. The van der Waals surface area contributed by atoms with Gasteiger partial charge in [0.1, 0.15) is 17.7 Å². The van der Waals surface area contributed by atoms with Crippen LogP contribution in [-0.2, 0) is 11.2 Å². The third kappa shape index (κ3) is 3.54. The highest BCUT2D eigenvalue weighted by molar-refractivity contribution is 5.47. The molecule has 0 bridgehead atoms. The highest BCUT2D eigenvalue weighted by Gasteiger charge is 2.13. The van der Waals surface area contributed by atoms with Gasteiger partial charge in [0.2, 0.25) is 5.88 Å². The lowest BCUT2D eigenvalue weighted by atomic mass is 10.3. The fourth-order valence-corrected chi connectivity index (χ4v) is 1.41. The molecule has 17 heavy (non-hydrogen) atoms. The Morgan fingerprint density at radius 3 is 2.65 bits per heavy atom. The lowest BCUT2D eigenvalue weighted by Crippen LogP contribution is -2.21. The van der Waals surface area contributed by atoms with Crippen LogP contribution in [0.1, 0.15) is 25.2 Å². The Kier molecular flexibility index (Phi) is 5.11. The molecule has 0 aromatic carbocycles. The Hall–Kier alpha value is -1.40. The van der Waals surface area contributed by atoms with E-state index in [9.17, 15) is 0 Å². The lowest BCUT2D eigenvalue weighted by Gasteiger charge is -2.16. The Morgan fingerprint density at radius 2 is 2.12 bits per heavy atom. The quantitative estimate of drug-likeness (QED) is 0.571. The van der Waals surface area contributed by atoms with Gasteiger partial charge in [-0.05, 0) is 13.8 Å². The van der Waals surface area contributed by atoms with Crippen LogP contribution in [0.4, 0.5) is 5.82 Å². The Bertz CT molecular complexity index is 371. The number of ether oxygens (including phenoxy) is 2. The zero-order chi connectivity index (χ0) is 12.8. The molecule has 0 aliphatic heterocycles. The number of methoxy groups -OCH3 is 1. The molecule has 0 amide bonds. The SMILES string of the molecule is CCc1nc(NN)c(C)c(OC(C)COC)n1. The summed E-state index contributed by atoms with van der Waals surface area (Å²) >= 11 is 0. The molecule has 1 atom stereocenters. The third-order valence-corrected chi connectivity index (χ3v) is 2.31. The predicted molar refractivity (Wildman–Crippen MR) is 65.9 cm³/mol. The largest absolute Gasteiger partial charge is 0.472 e. The standard InChI is InChI=1S/C11H20N4O2/c1-5-9-13-10(15-12)8(3)11(14-9)17-7(2)6-16-4/h7H,5-6,12H2,1-4H3,(H,13,14,15). The van der Waals surface area contributed by atoms with Crippen molar-refractivity contribution in [1.29, 1.82) is 0 Å². The van der Waals surface area contributed by atoms with E-state index in [1.807, 2.05) is 20.8 Å². The second-order valence-corrected chi connectivity index (χ2v) is 3.80. The van der Waals surface area contributed by atoms with Crippen molar-refractivity contribution in [3.05, 3.63) is 11.4 Å². The van der Waals surface area contributed by atoms with E-state index < -0.39 is 0 Å². The number of aryl methyl sites for hydroxylation is 1. The highest BCUT2D eigenvalue weighted by atomic mass is 16.5. The van der Waals surface area contributed by atoms with Gasteiger partial charge in [0, 0.05) is 13.5 Å². The van der Waals surface area contributed by atoms with Crippen LogP contribution in [0.3, 0.4) is 0 Å². The maximum atomic E-state index is 5.70. The maximum Gasteiger partial charge on any atom is 0.222 e. The molecule has 0 saturated carbocycles. The molecule has 3 N–H and O–H groups in total. The molecule has 1 heterocycles. The second kappa shape index (κ2) is 6.36. The number of nitrogen functional groups attached to an aromatic ring is 1. The van der Waals surface area contributed by atoms with Crippen molar-refractivity contribution < 1.29 is 9.47 Å². The first-order valence-corrected chi connectivity index (χ1v) is 5.62. The molecule has 0 aliphatic rings. The van der Waals surface area contributed by atoms with Crippen LogP contribution in [0.15, 0.2) is 0 Å². The van der Waals surface area contributed by atoms with Gasteiger partial charge in [0.25, 0.3) is 0 Å². The van der Waals surface area contributed by atoms with Crippen LogP contribution >= 0.6 is 0 Å². The normalized spacial score (nSPS) is 12.3. The molecule has 0 fully saturated rings. The Labute approximate surface area is 102 Å². The smallest absolute Gasteiger partial charge is 0.222 e. The van der Waals surface area contributed by atoms with Crippen LogP contribution in [0, 0.1) is 6.92 Å². The predicted octanol–water partition coefficient (Wildman–Crippen LogP) is 1.05. The average Bonchev–Trinajstić information content (AvgIpc) is 2.32. The van der Waals surface area contributed by atoms with Crippen molar-refractivity contribution >= 4 is 5.82 Å². The van der Waals surface area contributed by atoms with Gasteiger partial charge in [0.05, 0.1) is 12.2 Å². The Morgan fingerprint density at radius 1 is 1.41 bits per heavy atom. The summed E-state index contributed by atoms with van der Waals surface area (Å²) in [5.41, 5.74) is 3.35. The monoisotopic (exact) mass is 240 g/mol. The molecule has 1 aromatic heterocycles. The summed E-state index contributed by atoms with van der Waals surface area (Å²) in [6.45, 7) is 6.28. The van der Waals surface area contributed by atoms with Gasteiger partial charge < -0.3 is 14.9 Å². The van der Waals surface area contributed by atoms with Crippen LogP contribution in [-0.4, -0.2) is 29.8 Å². The number of nitrogens with one attached hydrogen (secondary N) is 1. The molecule has 1 rings (SSSR count). The molecule has 1 unspecified atom stereocenters. The second-order valence-electron chi connectivity index (χ2n) is 3.80. The number of nitrogens with two attached hydrogens (primary N) is 1. The number of anilines is 1. The number of rotatable bonds is 6. The first-order valence-electron chi connectivity index (χ1n) is 5.62. The number of hydrogen-bond acceptors (Lipinski definition) is 6. The van der Waals surface area contributed by atoms with Crippen LogP contribution < -0.4 is 16.0 Å². The summed E-state index contributed by atoms with van der Waals surface area (Å²) < 4.78 is 10.7. The third-order valence-electron chi connectivity index (χ3n) is 2.31. The molecule has 0 radical (unpaired) electrons. The molecule has 96 valence electrons. The molecule has 0 spiro atoms. The molecule has 0 saturated heterocycles. The minimum absolute atomic E-state index is 0.0658. The molecular weight excluding hydrogens is 220 g/mol. The van der Waals surface area contributed by atoms with E-state index in [1.54, 1.807) is 7.11 Å². The van der Waals surface area contributed by atoms with E-state index in [-0.39, 0.29) is 6.10 Å². The lowest BCUT2D eigenvalue weighted by molar-refractivity contribution is 0.0882. The minimum atomic E-state index is -0.0658. The van der Waals surface area contributed by atoms with E-state index in [1.165, 1.54) is 0 Å². The van der Waals surface area contributed by atoms with E-state index in [0.29, 0.717) is 24.1 Å². The van der Waals surface area contributed by atoms with Gasteiger partial charge in [0.15, 0.2) is 0 Å². The van der Waals surface area contributed by atoms with E-state index in [0.717, 1.165) is 12.0 Å². The summed E-state index contributed by atoms with van der Waals surface area (Å²) in [6, 6.07) is 0. The fourth-order valence-electron chi connectivity index (χ4n) is 1.41. The van der Waals surface area contributed by atoms with Crippen LogP contribution in [0.5, 0.6) is 5.88 Å². The zero-order valence-corrected chi connectivity index (χ0v) is 10.8. The van der Waals surface area contributed by atoms with E-state index >= 15 is 0 Å². The molecule has 6 nitrogen and oxygen atoms in total. The Balaban J connectivity index is 2.96. The number of hydrogen-bond donors (Lipinski definition) is 2. The van der Waals surface area contributed by atoms with E-state index in [4.69, 9.17) is 15.3 Å². The topological polar surface area (TPSA) is 82.3 Å². The molecule has 6 heteroatoms. The van der Waals surface area contributed by atoms with Gasteiger partial charge in [-0.1, -0.05) is 6.92 Å². The summed E-state index contributed by atoms with van der Waals surface area (Å²) in [5.74, 6) is 7.25. The summed E-state index contributed by atoms with van der Waals surface area (Å²) in [5, 5.41) is 0. The van der Waals surface area contributed by atoms with Crippen molar-refractivity contribution in [2.24, 2.45) is 5.84 Å². The van der Waals surface area contributed by atoms with Crippen molar-refractivity contribution in [3.63, 3.8) is 0 Å². The average molecular weight is 240 g/mol. The van der Waals surface area contributed by atoms with Crippen molar-refractivity contribution in [2.75, 3.05) is 19.1 Å². The number of nitrogens with zero attached hydrogens (tertiary/aromatic N) is 2. The van der Waals surface area contributed by atoms with Gasteiger partial charge in [-0.2, -0.15) is 4.98 Å².